The molecule has 1 unspecified atom stereocenters. The Kier molecular flexibility index (Phi) is 3.13. The molecule has 1 rings (SSSR count). The molecular weight excluding hydrogens is 182 g/mol. The van der Waals surface area contributed by atoms with Crippen molar-refractivity contribution < 1.29 is 14.7 Å². The molecule has 1 saturated heterocycles. The van der Waals surface area contributed by atoms with Crippen molar-refractivity contribution in [1.29, 1.82) is 0 Å². The van der Waals surface area contributed by atoms with E-state index in [-0.39, 0.29) is 5.91 Å². The third-order valence-corrected chi connectivity index (χ3v) is 2.87. The number of likely N-dealkylation sites (tertiary alicyclic amines) is 1. The molecule has 4 heteroatoms. The van der Waals surface area contributed by atoms with Crippen molar-refractivity contribution in [3.05, 3.63) is 0 Å². The van der Waals surface area contributed by atoms with Gasteiger partial charge in [-0.2, -0.15) is 0 Å². The second kappa shape index (κ2) is 3.98. The standard InChI is InChI=1S/C10H17NO3/c1-3-5-8(12)11-7-4-6-10(11,2)9(13)14/h3-7H2,1-2H3,(H,13,14). The van der Waals surface area contributed by atoms with Crippen LogP contribution in [-0.2, 0) is 9.59 Å². The van der Waals surface area contributed by atoms with E-state index in [1.54, 1.807) is 6.92 Å². The fourth-order valence-electron chi connectivity index (χ4n) is 1.93. The Morgan fingerprint density at radius 1 is 1.50 bits per heavy atom. The smallest absolute Gasteiger partial charge is 0.329 e. The van der Waals surface area contributed by atoms with Gasteiger partial charge < -0.3 is 10.0 Å². The number of amides is 1. The fourth-order valence-corrected chi connectivity index (χ4v) is 1.93. The fraction of sp³-hybridized carbons (Fsp3) is 0.800. The van der Waals surface area contributed by atoms with E-state index in [0.29, 0.717) is 19.4 Å². The number of aliphatic carboxylic acids is 1. The quantitative estimate of drug-likeness (QED) is 0.744. The molecule has 0 aromatic carbocycles. The molecule has 14 heavy (non-hydrogen) atoms. The summed E-state index contributed by atoms with van der Waals surface area (Å²) in [5.74, 6) is -0.922. The van der Waals surface area contributed by atoms with E-state index in [2.05, 4.69) is 0 Å². The number of carboxylic acid groups (broad SMARTS) is 1. The molecule has 0 radical (unpaired) electrons. The second-order valence-corrected chi connectivity index (χ2v) is 3.98. The first-order valence-electron chi connectivity index (χ1n) is 5.06. The maximum Gasteiger partial charge on any atom is 0.329 e. The average molecular weight is 199 g/mol. The molecule has 4 nitrogen and oxygen atoms in total. The van der Waals surface area contributed by atoms with Crippen LogP contribution in [0.4, 0.5) is 0 Å². The van der Waals surface area contributed by atoms with Crippen LogP contribution in [0.2, 0.25) is 0 Å². The molecule has 0 saturated carbocycles. The van der Waals surface area contributed by atoms with E-state index in [9.17, 15) is 9.59 Å². The number of rotatable bonds is 3. The van der Waals surface area contributed by atoms with Crippen molar-refractivity contribution in [1.82, 2.24) is 4.90 Å². The predicted octanol–water partition coefficient (Wildman–Crippen LogP) is 1.25. The molecule has 0 aliphatic carbocycles. The van der Waals surface area contributed by atoms with Gasteiger partial charge in [0, 0.05) is 13.0 Å². The van der Waals surface area contributed by atoms with Gasteiger partial charge >= 0.3 is 5.97 Å². The summed E-state index contributed by atoms with van der Waals surface area (Å²) < 4.78 is 0. The van der Waals surface area contributed by atoms with E-state index < -0.39 is 11.5 Å². The highest BCUT2D eigenvalue weighted by molar-refractivity contribution is 5.87. The van der Waals surface area contributed by atoms with Crippen molar-refractivity contribution >= 4 is 11.9 Å². The highest BCUT2D eigenvalue weighted by atomic mass is 16.4. The maximum atomic E-state index is 11.6. The Hall–Kier alpha value is -1.06. The van der Waals surface area contributed by atoms with Gasteiger partial charge in [-0.15, -0.1) is 0 Å². The van der Waals surface area contributed by atoms with Gasteiger partial charge in [0.25, 0.3) is 0 Å². The second-order valence-electron chi connectivity index (χ2n) is 3.98. The first-order valence-corrected chi connectivity index (χ1v) is 5.06. The highest BCUT2D eigenvalue weighted by Crippen LogP contribution is 2.29. The molecule has 80 valence electrons. The zero-order valence-electron chi connectivity index (χ0n) is 8.75. The van der Waals surface area contributed by atoms with Crippen LogP contribution in [0.1, 0.15) is 39.5 Å². The Morgan fingerprint density at radius 2 is 2.14 bits per heavy atom. The molecule has 1 heterocycles. The first-order chi connectivity index (χ1) is 6.52. The lowest BCUT2D eigenvalue weighted by Crippen LogP contribution is -2.50. The Morgan fingerprint density at radius 3 is 2.64 bits per heavy atom. The zero-order chi connectivity index (χ0) is 10.8. The molecule has 0 spiro atoms. The van der Waals surface area contributed by atoms with Crippen molar-refractivity contribution in [3.63, 3.8) is 0 Å². The van der Waals surface area contributed by atoms with Gasteiger partial charge in [0.05, 0.1) is 0 Å². The van der Waals surface area contributed by atoms with E-state index in [1.165, 1.54) is 4.90 Å². The number of carbonyl (C=O) groups excluding carboxylic acids is 1. The summed E-state index contributed by atoms with van der Waals surface area (Å²) in [5.41, 5.74) is -0.966. The summed E-state index contributed by atoms with van der Waals surface area (Å²) in [7, 11) is 0. The van der Waals surface area contributed by atoms with Gasteiger partial charge in [0.1, 0.15) is 5.54 Å². The van der Waals surface area contributed by atoms with E-state index in [0.717, 1.165) is 12.8 Å². The van der Waals surface area contributed by atoms with E-state index in [1.807, 2.05) is 6.92 Å². The third-order valence-electron chi connectivity index (χ3n) is 2.87. The number of hydrogen-bond acceptors (Lipinski definition) is 2. The maximum absolute atomic E-state index is 11.6. The Labute approximate surface area is 83.9 Å². The molecule has 1 aliphatic rings. The molecule has 0 aromatic heterocycles. The molecule has 1 atom stereocenters. The highest BCUT2D eigenvalue weighted by Gasteiger charge is 2.45. The minimum absolute atomic E-state index is 0.0325. The molecule has 1 aliphatic heterocycles. The lowest BCUT2D eigenvalue weighted by Gasteiger charge is -2.31. The van der Waals surface area contributed by atoms with Crippen molar-refractivity contribution in [2.75, 3.05) is 6.54 Å². The van der Waals surface area contributed by atoms with E-state index >= 15 is 0 Å². The molecule has 1 N–H and O–H groups in total. The lowest BCUT2D eigenvalue weighted by molar-refractivity contribution is -0.155. The summed E-state index contributed by atoms with van der Waals surface area (Å²) in [6.07, 6.45) is 2.57. The normalized spacial score (nSPS) is 26.6. The van der Waals surface area contributed by atoms with Gasteiger partial charge in [-0.25, -0.2) is 4.79 Å². The van der Waals surface area contributed by atoms with Gasteiger partial charge in [0.15, 0.2) is 0 Å². The minimum atomic E-state index is -0.966. The summed E-state index contributed by atoms with van der Waals surface area (Å²) in [4.78, 5) is 24.2. The SMILES string of the molecule is CCCC(=O)N1CCCC1(C)C(=O)O. The van der Waals surface area contributed by atoms with Crippen LogP contribution < -0.4 is 0 Å². The molecule has 0 bridgehead atoms. The van der Waals surface area contributed by atoms with Gasteiger partial charge in [-0.1, -0.05) is 6.92 Å². The summed E-state index contributed by atoms with van der Waals surface area (Å²) in [6, 6.07) is 0. The summed E-state index contributed by atoms with van der Waals surface area (Å²) >= 11 is 0. The van der Waals surface area contributed by atoms with Crippen molar-refractivity contribution in [2.45, 2.75) is 45.1 Å². The van der Waals surface area contributed by atoms with Gasteiger partial charge in [-0.3, -0.25) is 4.79 Å². The number of carbonyl (C=O) groups is 2. The lowest BCUT2D eigenvalue weighted by atomic mass is 9.99. The van der Waals surface area contributed by atoms with Gasteiger partial charge in [0.2, 0.25) is 5.91 Å². The summed E-state index contributed by atoms with van der Waals surface area (Å²) in [6.45, 7) is 4.14. The van der Waals surface area contributed by atoms with Crippen molar-refractivity contribution in [3.8, 4) is 0 Å². The molecule has 0 aromatic rings. The molecule has 1 amide bonds. The largest absolute Gasteiger partial charge is 0.480 e. The van der Waals surface area contributed by atoms with Crippen LogP contribution in [0.15, 0.2) is 0 Å². The number of carboxylic acids is 1. The average Bonchev–Trinajstić information content (AvgIpc) is 2.49. The first kappa shape index (κ1) is 11.0. The van der Waals surface area contributed by atoms with Crippen LogP contribution in [0, 0.1) is 0 Å². The third kappa shape index (κ3) is 1.74. The van der Waals surface area contributed by atoms with Crippen LogP contribution in [0.5, 0.6) is 0 Å². The molecular formula is C10H17NO3. The minimum Gasteiger partial charge on any atom is -0.480 e. The van der Waals surface area contributed by atoms with Crippen LogP contribution in [-0.4, -0.2) is 34.0 Å². The van der Waals surface area contributed by atoms with Crippen LogP contribution in [0.3, 0.4) is 0 Å². The Bertz CT molecular complexity index is 252. The van der Waals surface area contributed by atoms with Gasteiger partial charge in [-0.05, 0) is 26.2 Å². The number of nitrogens with zero attached hydrogens (tertiary/aromatic N) is 1. The Balaban J connectivity index is 2.77. The van der Waals surface area contributed by atoms with E-state index in [4.69, 9.17) is 5.11 Å². The topological polar surface area (TPSA) is 57.6 Å². The van der Waals surface area contributed by atoms with Crippen molar-refractivity contribution in [2.24, 2.45) is 0 Å². The zero-order valence-corrected chi connectivity index (χ0v) is 8.75. The predicted molar refractivity (Wildman–Crippen MR) is 51.9 cm³/mol. The van der Waals surface area contributed by atoms with Crippen LogP contribution in [0.25, 0.3) is 0 Å². The number of hydrogen-bond donors (Lipinski definition) is 1. The summed E-state index contributed by atoms with van der Waals surface area (Å²) in [5, 5.41) is 9.07. The molecule has 1 fully saturated rings. The van der Waals surface area contributed by atoms with Crippen LogP contribution >= 0.6 is 0 Å². The monoisotopic (exact) mass is 199 g/mol.